The number of nitrogens with one attached hydrogen (secondary N) is 1. The number of para-hydroxylation sites is 1. The maximum atomic E-state index is 12.8. The van der Waals surface area contributed by atoms with Crippen molar-refractivity contribution in [3.05, 3.63) is 83.2 Å². The number of hydrogen-bond donors (Lipinski definition) is 1. The summed E-state index contributed by atoms with van der Waals surface area (Å²) in [5, 5.41) is 8.08. The molecule has 1 atom stereocenters. The average molecular weight is 359 g/mol. The van der Waals surface area contributed by atoms with E-state index in [2.05, 4.69) is 31.3 Å². The highest BCUT2D eigenvalue weighted by Crippen LogP contribution is 2.42. The van der Waals surface area contributed by atoms with Crippen LogP contribution in [0.2, 0.25) is 0 Å². The maximum absolute atomic E-state index is 12.8. The van der Waals surface area contributed by atoms with E-state index < -0.39 is 0 Å². The summed E-state index contributed by atoms with van der Waals surface area (Å²) in [4.78, 5) is 12.8. The maximum Gasteiger partial charge on any atom is 0.251 e. The minimum Gasteiger partial charge on any atom is -0.345 e. The first-order valence-electron chi connectivity index (χ1n) is 9.44. The number of nitrogens with zero attached hydrogens (tertiary/aromatic N) is 2. The number of amides is 1. The fourth-order valence-corrected chi connectivity index (χ4v) is 4.13. The van der Waals surface area contributed by atoms with Gasteiger partial charge in [-0.2, -0.15) is 5.10 Å². The molecule has 1 aromatic heterocycles. The lowest BCUT2D eigenvalue weighted by molar-refractivity contribution is 0.0919. The van der Waals surface area contributed by atoms with Gasteiger partial charge in [-0.3, -0.25) is 4.79 Å². The first-order valence-corrected chi connectivity index (χ1v) is 9.44. The molecule has 138 valence electrons. The van der Waals surface area contributed by atoms with Crippen LogP contribution >= 0.6 is 0 Å². The number of rotatable bonds is 3. The van der Waals surface area contributed by atoms with E-state index >= 15 is 0 Å². The Balaban J connectivity index is 1.74. The molecule has 1 heterocycles. The van der Waals surface area contributed by atoms with Crippen molar-refractivity contribution in [2.45, 2.75) is 39.7 Å². The summed E-state index contributed by atoms with van der Waals surface area (Å²) >= 11 is 0. The van der Waals surface area contributed by atoms with Gasteiger partial charge in [-0.25, -0.2) is 4.68 Å². The van der Waals surface area contributed by atoms with E-state index in [4.69, 9.17) is 5.10 Å². The van der Waals surface area contributed by atoms with Crippen LogP contribution in [0.25, 0.3) is 5.69 Å². The summed E-state index contributed by atoms with van der Waals surface area (Å²) in [7, 11) is 0. The minimum absolute atomic E-state index is 0.0314. The Kier molecular flexibility index (Phi) is 4.34. The Morgan fingerprint density at radius 3 is 2.37 bits per heavy atom. The summed E-state index contributed by atoms with van der Waals surface area (Å²) in [5.74, 6) is -0.0314. The predicted molar refractivity (Wildman–Crippen MR) is 107 cm³/mol. The predicted octanol–water partition coefficient (Wildman–Crippen LogP) is 4.62. The normalized spacial score (nSPS) is 18.0. The number of carbonyl (C=O) groups excluding carboxylic acids is 1. The molecule has 27 heavy (non-hydrogen) atoms. The van der Waals surface area contributed by atoms with Crippen molar-refractivity contribution in [3.8, 4) is 5.69 Å². The minimum atomic E-state index is -0.0334. The summed E-state index contributed by atoms with van der Waals surface area (Å²) in [6.07, 6.45) is 1.84. The molecular weight excluding hydrogens is 334 g/mol. The van der Waals surface area contributed by atoms with Gasteiger partial charge in [0.1, 0.15) is 0 Å². The van der Waals surface area contributed by atoms with Gasteiger partial charge in [-0.05, 0) is 49.4 Å². The van der Waals surface area contributed by atoms with Crippen molar-refractivity contribution >= 4 is 5.91 Å². The molecule has 4 nitrogen and oxygen atoms in total. The highest BCUT2D eigenvalue weighted by Gasteiger charge is 2.37. The summed E-state index contributed by atoms with van der Waals surface area (Å²) in [5.41, 5.74) is 5.20. The van der Waals surface area contributed by atoms with Crippen molar-refractivity contribution in [3.63, 3.8) is 0 Å². The lowest BCUT2D eigenvalue weighted by Gasteiger charge is -2.36. The van der Waals surface area contributed by atoms with E-state index in [1.54, 1.807) is 0 Å². The van der Waals surface area contributed by atoms with Crippen molar-refractivity contribution in [2.24, 2.45) is 5.41 Å². The molecule has 2 aromatic carbocycles. The van der Waals surface area contributed by atoms with Gasteiger partial charge in [0.25, 0.3) is 5.91 Å². The fourth-order valence-electron chi connectivity index (χ4n) is 4.13. The largest absolute Gasteiger partial charge is 0.345 e. The van der Waals surface area contributed by atoms with Gasteiger partial charge in [0.05, 0.1) is 23.1 Å². The van der Waals surface area contributed by atoms with Gasteiger partial charge in [-0.15, -0.1) is 0 Å². The van der Waals surface area contributed by atoms with E-state index in [1.807, 2.05) is 60.1 Å². The van der Waals surface area contributed by atoms with E-state index in [0.717, 1.165) is 24.2 Å². The van der Waals surface area contributed by atoms with Crippen LogP contribution in [0.4, 0.5) is 0 Å². The van der Waals surface area contributed by atoms with E-state index in [-0.39, 0.29) is 17.4 Å². The van der Waals surface area contributed by atoms with Crippen molar-refractivity contribution in [2.75, 3.05) is 0 Å². The molecule has 0 radical (unpaired) electrons. The van der Waals surface area contributed by atoms with Gasteiger partial charge in [-0.1, -0.05) is 50.2 Å². The van der Waals surface area contributed by atoms with Gasteiger partial charge in [0.2, 0.25) is 0 Å². The number of aryl methyl sites for hydroxylation is 1. The standard InChI is InChI=1S/C23H25N3O/c1-16-21-19(24-22(27)17-10-6-4-7-11-17)14-23(2,3)15-20(21)26(25-16)18-12-8-5-9-13-18/h4-13,19H,14-15H2,1-3H3,(H,24,27). The third-order valence-electron chi connectivity index (χ3n) is 5.30. The first kappa shape index (κ1) is 17.5. The Labute approximate surface area is 160 Å². The molecule has 0 spiro atoms. The monoisotopic (exact) mass is 359 g/mol. The molecule has 1 aliphatic rings. The smallest absolute Gasteiger partial charge is 0.251 e. The Morgan fingerprint density at radius 1 is 1.07 bits per heavy atom. The Morgan fingerprint density at radius 2 is 1.70 bits per heavy atom. The van der Waals surface area contributed by atoms with Crippen molar-refractivity contribution in [1.29, 1.82) is 0 Å². The van der Waals surface area contributed by atoms with Crippen LogP contribution in [0, 0.1) is 12.3 Å². The van der Waals surface area contributed by atoms with E-state index in [0.29, 0.717) is 5.56 Å². The molecule has 0 aliphatic heterocycles. The zero-order valence-corrected chi connectivity index (χ0v) is 16.1. The Hall–Kier alpha value is -2.88. The highest BCUT2D eigenvalue weighted by molar-refractivity contribution is 5.94. The molecular formula is C23H25N3O. The number of fused-ring (bicyclic) bond motifs is 1. The zero-order chi connectivity index (χ0) is 19.0. The summed E-state index contributed by atoms with van der Waals surface area (Å²) in [6.45, 7) is 6.56. The second kappa shape index (κ2) is 6.69. The lowest BCUT2D eigenvalue weighted by Crippen LogP contribution is -2.37. The van der Waals surface area contributed by atoms with Crippen LogP contribution < -0.4 is 5.32 Å². The molecule has 4 heteroatoms. The molecule has 0 saturated carbocycles. The molecule has 1 unspecified atom stereocenters. The van der Waals surface area contributed by atoms with Gasteiger partial charge < -0.3 is 5.32 Å². The molecule has 0 fully saturated rings. The second-order valence-electron chi connectivity index (χ2n) is 8.13. The first-order chi connectivity index (χ1) is 12.9. The molecule has 0 saturated heterocycles. The van der Waals surface area contributed by atoms with Gasteiger partial charge in [0, 0.05) is 11.1 Å². The third-order valence-corrected chi connectivity index (χ3v) is 5.30. The van der Waals surface area contributed by atoms with E-state index in [9.17, 15) is 4.79 Å². The SMILES string of the molecule is Cc1nn(-c2ccccc2)c2c1C(NC(=O)c1ccccc1)CC(C)(C)C2. The average Bonchev–Trinajstić information content (AvgIpc) is 2.98. The molecule has 3 aromatic rings. The number of carbonyl (C=O) groups is 1. The topological polar surface area (TPSA) is 46.9 Å². The highest BCUT2D eigenvalue weighted by atomic mass is 16.1. The van der Waals surface area contributed by atoms with Crippen LogP contribution in [0.5, 0.6) is 0 Å². The quantitative estimate of drug-likeness (QED) is 0.741. The number of benzene rings is 2. The van der Waals surface area contributed by atoms with Crippen molar-refractivity contribution in [1.82, 2.24) is 15.1 Å². The molecule has 0 bridgehead atoms. The summed E-state index contributed by atoms with van der Waals surface area (Å²) < 4.78 is 2.05. The Bertz CT molecular complexity index is 958. The number of aromatic nitrogens is 2. The second-order valence-corrected chi connectivity index (χ2v) is 8.13. The molecule has 1 N–H and O–H groups in total. The van der Waals surface area contributed by atoms with Crippen molar-refractivity contribution < 1.29 is 4.79 Å². The molecule has 1 amide bonds. The third kappa shape index (κ3) is 3.39. The molecule has 1 aliphatic carbocycles. The molecule has 4 rings (SSSR count). The van der Waals surface area contributed by atoms with Crippen LogP contribution in [0.1, 0.15) is 53.6 Å². The van der Waals surface area contributed by atoms with Crippen LogP contribution in [-0.4, -0.2) is 15.7 Å². The van der Waals surface area contributed by atoms with Gasteiger partial charge >= 0.3 is 0 Å². The van der Waals surface area contributed by atoms with Gasteiger partial charge in [0.15, 0.2) is 0 Å². The fraction of sp³-hybridized carbons (Fsp3) is 0.304. The van der Waals surface area contributed by atoms with Crippen LogP contribution in [0.3, 0.4) is 0 Å². The summed E-state index contributed by atoms with van der Waals surface area (Å²) in [6, 6.07) is 19.6. The van der Waals surface area contributed by atoms with Crippen LogP contribution in [-0.2, 0) is 6.42 Å². The van der Waals surface area contributed by atoms with E-state index in [1.165, 1.54) is 11.3 Å². The lowest BCUT2D eigenvalue weighted by atomic mass is 9.73. The number of hydrogen-bond acceptors (Lipinski definition) is 2. The van der Waals surface area contributed by atoms with Crippen LogP contribution in [0.15, 0.2) is 60.7 Å². The zero-order valence-electron chi connectivity index (χ0n) is 16.1.